The number of rotatable bonds is 0. The summed E-state index contributed by atoms with van der Waals surface area (Å²) >= 11 is 0. The molecule has 0 radical (unpaired) electrons. The number of fused-ring (bicyclic) bond motifs is 5. The van der Waals surface area contributed by atoms with Crippen LogP contribution >= 0.6 is 0 Å². The number of aliphatic hydroxyl groups excluding tert-OH is 1. The summed E-state index contributed by atoms with van der Waals surface area (Å²) in [6.07, 6.45) is 11.5. The molecule has 19 heavy (non-hydrogen) atoms. The highest BCUT2D eigenvalue weighted by atomic mass is 16.3. The third-order valence-electron chi connectivity index (χ3n) is 7.30. The largest absolute Gasteiger partial charge is 0.393 e. The molecule has 0 saturated heterocycles. The van der Waals surface area contributed by atoms with E-state index in [4.69, 9.17) is 0 Å². The molecular weight excluding hydrogens is 236 g/mol. The van der Waals surface area contributed by atoms with E-state index >= 15 is 0 Å². The normalized spacial score (nSPS) is 55.4. The lowest BCUT2D eigenvalue weighted by Gasteiger charge is -2.60. The van der Waals surface area contributed by atoms with Gasteiger partial charge in [-0.15, -0.1) is 0 Å². The van der Waals surface area contributed by atoms with Crippen LogP contribution in [0, 0.1) is 22.7 Å². The van der Waals surface area contributed by atoms with Gasteiger partial charge < -0.3 is 10.2 Å². The lowest BCUT2D eigenvalue weighted by Crippen LogP contribution is -2.59. The van der Waals surface area contributed by atoms with Gasteiger partial charge in [0.05, 0.1) is 11.7 Å². The Morgan fingerprint density at radius 3 is 2.42 bits per heavy atom. The zero-order chi connectivity index (χ0) is 13.3. The van der Waals surface area contributed by atoms with Crippen molar-refractivity contribution in [2.24, 2.45) is 22.7 Å². The molecule has 4 aliphatic carbocycles. The molecule has 0 aromatic carbocycles. The number of aliphatic hydroxyl groups is 2. The van der Waals surface area contributed by atoms with E-state index in [1.54, 1.807) is 0 Å². The Morgan fingerprint density at radius 1 is 0.947 bits per heavy atom. The Kier molecular flexibility index (Phi) is 2.50. The van der Waals surface area contributed by atoms with E-state index in [0.717, 1.165) is 25.7 Å². The number of hydrogen-bond acceptors (Lipinski definition) is 2. The zero-order valence-electron chi connectivity index (χ0n) is 12.2. The van der Waals surface area contributed by atoms with Crippen molar-refractivity contribution in [2.75, 3.05) is 0 Å². The first-order valence-electron chi connectivity index (χ1n) is 8.37. The minimum Gasteiger partial charge on any atom is -0.393 e. The molecule has 2 N–H and O–H groups in total. The maximum atomic E-state index is 11.2. The predicted molar refractivity (Wildman–Crippen MR) is 74.6 cm³/mol. The molecule has 0 aromatic rings. The second-order valence-electron chi connectivity index (χ2n) is 8.62. The molecule has 4 saturated carbocycles. The summed E-state index contributed by atoms with van der Waals surface area (Å²) < 4.78 is 0. The van der Waals surface area contributed by atoms with Gasteiger partial charge in [0.1, 0.15) is 0 Å². The molecule has 0 heterocycles. The van der Waals surface area contributed by atoms with Crippen molar-refractivity contribution in [2.45, 2.75) is 82.8 Å². The van der Waals surface area contributed by atoms with E-state index < -0.39 is 5.60 Å². The van der Waals surface area contributed by atoms with Crippen LogP contribution in [-0.4, -0.2) is 21.9 Å². The summed E-state index contributed by atoms with van der Waals surface area (Å²) in [5, 5.41) is 22.0. The van der Waals surface area contributed by atoms with Crippen molar-refractivity contribution in [3.8, 4) is 0 Å². The maximum Gasteiger partial charge on any atom is 0.0685 e. The van der Waals surface area contributed by atoms with Crippen LogP contribution in [0.4, 0.5) is 0 Å². The van der Waals surface area contributed by atoms with Crippen LogP contribution in [-0.2, 0) is 0 Å². The summed E-state index contributed by atoms with van der Waals surface area (Å²) in [7, 11) is 0. The van der Waals surface area contributed by atoms with Gasteiger partial charge in [-0.1, -0.05) is 26.2 Å². The Hall–Kier alpha value is -0.0800. The molecule has 4 fully saturated rings. The first-order chi connectivity index (χ1) is 8.97. The highest BCUT2D eigenvalue weighted by molar-refractivity contribution is 5.16. The van der Waals surface area contributed by atoms with Crippen molar-refractivity contribution < 1.29 is 10.2 Å². The Morgan fingerprint density at radius 2 is 1.68 bits per heavy atom. The highest BCUT2D eigenvalue weighted by Gasteiger charge is 2.66. The van der Waals surface area contributed by atoms with Gasteiger partial charge in [0.2, 0.25) is 0 Å². The van der Waals surface area contributed by atoms with Crippen molar-refractivity contribution >= 4 is 0 Å². The fraction of sp³-hybridized carbons (Fsp3) is 1.00. The van der Waals surface area contributed by atoms with E-state index in [1.807, 2.05) is 0 Å². The standard InChI is InChI=1S/C17H28O2/c1-15-5-4-8-17(19,11-15)12-9-16(6-2-3-7-16)14(12)13(18)10-15/h12-14,18-19H,2-11H2,1H3/t12-,13-,14+,15+,17-/m1/s1. The van der Waals surface area contributed by atoms with Gasteiger partial charge in [-0.25, -0.2) is 0 Å². The Balaban J connectivity index is 1.70. The third kappa shape index (κ3) is 1.62. The molecule has 0 amide bonds. The van der Waals surface area contributed by atoms with Crippen LogP contribution < -0.4 is 0 Å². The van der Waals surface area contributed by atoms with Gasteiger partial charge >= 0.3 is 0 Å². The summed E-state index contributed by atoms with van der Waals surface area (Å²) in [6.45, 7) is 2.30. The van der Waals surface area contributed by atoms with Crippen molar-refractivity contribution in [3.63, 3.8) is 0 Å². The molecule has 4 rings (SSSR count). The molecule has 4 aliphatic rings. The topological polar surface area (TPSA) is 40.5 Å². The molecule has 0 aliphatic heterocycles. The smallest absolute Gasteiger partial charge is 0.0685 e. The molecule has 5 atom stereocenters. The van der Waals surface area contributed by atoms with Gasteiger partial charge in [-0.05, 0) is 67.6 Å². The molecule has 2 bridgehead atoms. The molecule has 108 valence electrons. The second kappa shape index (κ2) is 3.76. The van der Waals surface area contributed by atoms with Gasteiger partial charge in [-0.3, -0.25) is 0 Å². The average molecular weight is 264 g/mol. The summed E-state index contributed by atoms with van der Waals surface area (Å²) in [5.41, 5.74) is 0.139. The van der Waals surface area contributed by atoms with Gasteiger partial charge in [0, 0.05) is 0 Å². The molecule has 0 unspecified atom stereocenters. The molecule has 2 heteroatoms. The maximum absolute atomic E-state index is 11.2. The van der Waals surface area contributed by atoms with E-state index in [-0.39, 0.29) is 11.5 Å². The van der Waals surface area contributed by atoms with Crippen molar-refractivity contribution in [3.05, 3.63) is 0 Å². The Bertz CT molecular complexity index is 387. The lowest BCUT2D eigenvalue weighted by molar-refractivity contribution is -0.190. The molecular formula is C17H28O2. The summed E-state index contributed by atoms with van der Waals surface area (Å²) in [5.74, 6) is 0.794. The first-order valence-corrected chi connectivity index (χ1v) is 8.37. The van der Waals surface area contributed by atoms with Crippen LogP contribution in [0.25, 0.3) is 0 Å². The zero-order valence-corrected chi connectivity index (χ0v) is 12.2. The first kappa shape index (κ1) is 12.6. The minimum atomic E-state index is -0.455. The minimum absolute atomic E-state index is 0.158. The van der Waals surface area contributed by atoms with Gasteiger partial charge in [0.15, 0.2) is 0 Å². The van der Waals surface area contributed by atoms with Crippen LogP contribution in [0.1, 0.15) is 71.1 Å². The van der Waals surface area contributed by atoms with Crippen molar-refractivity contribution in [1.29, 1.82) is 0 Å². The van der Waals surface area contributed by atoms with Crippen LogP contribution in [0.2, 0.25) is 0 Å². The Labute approximate surface area is 116 Å². The highest BCUT2D eigenvalue weighted by Crippen LogP contribution is 2.69. The van der Waals surface area contributed by atoms with Gasteiger partial charge in [-0.2, -0.15) is 0 Å². The lowest BCUT2D eigenvalue weighted by atomic mass is 9.47. The van der Waals surface area contributed by atoms with Crippen LogP contribution in [0.15, 0.2) is 0 Å². The second-order valence-corrected chi connectivity index (χ2v) is 8.62. The average Bonchev–Trinajstić information content (AvgIpc) is 2.73. The third-order valence-corrected chi connectivity index (χ3v) is 7.30. The SMILES string of the molecule is C[C@@]12CCC[C@@](O)(C1)[C@@H]1CC3(CCCC3)[C@@H]1[C@H](O)C2. The summed E-state index contributed by atoms with van der Waals surface area (Å²) in [4.78, 5) is 0. The van der Waals surface area contributed by atoms with Gasteiger partial charge in [0.25, 0.3) is 0 Å². The van der Waals surface area contributed by atoms with Crippen LogP contribution in [0.5, 0.6) is 0 Å². The molecule has 1 spiro atoms. The predicted octanol–water partition coefficient (Wildman–Crippen LogP) is 3.26. The van der Waals surface area contributed by atoms with E-state index in [2.05, 4.69) is 6.92 Å². The fourth-order valence-corrected chi connectivity index (χ4v) is 6.64. The molecule has 0 aromatic heterocycles. The fourth-order valence-electron chi connectivity index (χ4n) is 6.64. The van der Waals surface area contributed by atoms with Crippen molar-refractivity contribution in [1.82, 2.24) is 0 Å². The molecule has 2 nitrogen and oxygen atoms in total. The van der Waals surface area contributed by atoms with E-state index in [0.29, 0.717) is 17.3 Å². The van der Waals surface area contributed by atoms with E-state index in [1.165, 1.54) is 38.5 Å². The van der Waals surface area contributed by atoms with Crippen LogP contribution in [0.3, 0.4) is 0 Å². The number of hydrogen-bond donors (Lipinski definition) is 2. The summed E-state index contributed by atoms with van der Waals surface area (Å²) in [6, 6.07) is 0. The monoisotopic (exact) mass is 264 g/mol. The van der Waals surface area contributed by atoms with E-state index in [9.17, 15) is 10.2 Å². The quantitative estimate of drug-likeness (QED) is 0.705.